The molecule has 0 aromatic carbocycles. The molecule has 2 rings (SSSR count). The number of amides is 1. The van der Waals surface area contributed by atoms with Crippen molar-refractivity contribution in [1.29, 1.82) is 0 Å². The fourth-order valence-corrected chi connectivity index (χ4v) is 2.17. The summed E-state index contributed by atoms with van der Waals surface area (Å²) < 4.78 is 0. The van der Waals surface area contributed by atoms with Gasteiger partial charge in [0.1, 0.15) is 0 Å². The number of rotatable bonds is 2. The van der Waals surface area contributed by atoms with Gasteiger partial charge in [0.25, 0.3) is 0 Å². The summed E-state index contributed by atoms with van der Waals surface area (Å²) in [5.74, 6) is 0.0593. The van der Waals surface area contributed by atoms with Crippen LogP contribution in [0.3, 0.4) is 0 Å². The Bertz CT molecular complexity index is 238. The molecule has 1 saturated heterocycles. The van der Waals surface area contributed by atoms with Crippen LogP contribution in [0.15, 0.2) is 0 Å². The van der Waals surface area contributed by atoms with E-state index in [2.05, 4.69) is 17.3 Å². The Morgan fingerprint density at radius 2 is 2.29 bits per heavy atom. The van der Waals surface area contributed by atoms with Gasteiger partial charge < -0.3 is 16.0 Å². The van der Waals surface area contributed by atoms with Crippen LogP contribution in [-0.2, 0) is 4.79 Å². The molecule has 80 valence electrons. The van der Waals surface area contributed by atoms with Gasteiger partial charge >= 0.3 is 0 Å². The molecule has 0 aromatic heterocycles. The van der Waals surface area contributed by atoms with Crippen molar-refractivity contribution in [1.82, 2.24) is 10.2 Å². The summed E-state index contributed by atoms with van der Waals surface area (Å²) in [4.78, 5) is 14.0. The predicted octanol–water partition coefficient (Wildman–Crippen LogP) is -0.312. The smallest absolute Gasteiger partial charge is 0.240 e. The normalized spacial score (nSPS) is 31.1. The number of likely N-dealkylation sites (N-methyl/N-ethyl adjacent to an activating group) is 1. The summed E-state index contributed by atoms with van der Waals surface area (Å²) in [6.45, 7) is 2.03. The van der Waals surface area contributed by atoms with E-state index in [0.29, 0.717) is 6.04 Å². The van der Waals surface area contributed by atoms with E-state index in [0.717, 1.165) is 38.8 Å². The maximum absolute atomic E-state index is 11.8. The first-order valence-electron chi connectivity index (χ1n) is 5.38. The molecule has 1 aliphatic heterocycles. The van der Waals surface area contributed by atoms with Crippen LogP contribution in [-0.4, -0.2) is 42.5 Å². The Morgan fingerprint density at radius 3 is 2.71 bits per heavy atom. The summed E-state index contributed by atoms with van der Waals surface area (Å²) in [5.41, 5.74) is 5.39. The number of hydrogen-bond donors (Lipinski definition) is 2. The molecular formula is C10H19N3O. The minimum atomic E-state index is -0.541. The average molecular weight is 197 g/mol. The number of likely N-dealkylation sites (tertiary alicyclic amines) is 1. The maximum atomic E-state index is 11.8. The van der Waals surface area contributed by atoms with E-state index in [1.807, 2.05) is 0 Å². The van der Waals surface area contributed by atoms with E-state index in [9.17, 15) is 4.79 Å². The first-order chi connectivity index (χ1) is 6.60. The highest BCUT2D eigenvalue weighted by atomic mass is 16.2. The van der Waals surface area contributed by atoms with Gasteiger partial charge in [0.2, 0.25) is 5.91 Å². The van der Waals surface area contributed by atoms with Gasteiger partial charge in [0, 0.05) is 12.6 Å². The lowest BCUT2D eigenvalue weighted by molar-refractivity contribution is -0.129. The topological polar surface area (TPSA) is 58.4 Å². The van der Waals surface area contributed by atoms with Crippen LogP contribution in [0.4, 0.5) is 0 Å². The van der Waals surface area contributed by atoms with E-state index < -0.39 is 5.54 Å². The van der Waals surface area contributed by atoms with Crippen LogP contribution in [0, 0.1) is 0 Å². The lowest BCUT2D eigenvalue weighted by Gasteiger charge is -2.37. The summed E-state index contributed by atoms with van der Waals surface area (Å²) >= 11 is 0. The fraction of sp³-hybridized carbons (Fsp3) is 0.900. The van der Waals surface area contributed by atoms with Crippen molar-refractivity contribution in [2.75, 3.05) is 20.1 Å². The van der Waals surface area contributed by atoms with Gasteiger partial charge in [0.15, 0.2) is 0 Å². The molecule has 1 saturated carbocycles. The Balaban J connectivity index is 1.82. The minimum Gasteiger partial charge on any atom is -0.350 e. The standard InChI is InChI=1S/C10H19N3O/c1-13-6-3-8(7-13)12-9(14)10(11)4-2-5-10/h8H,2-7,11H2,1H3,(H,12,14). The second-order valence-electron chi connectivity index (χ2n) is 4.73. The first-order valence-corrected chi connectivity index (χ1v) is 5.38. The number of nitrogens with zero attached hydrogens (tertiary/aromatic N) is 1. The highest BCUT2D eigenvalue weighted by Crippen LogP contribution is 2.29. The van der Waals surface area contributed by atoms with Crippen molar-refractivity contribution in [2.24, 2.45) is 5.73 Å². The fourth-order valence-electron chi connectivity index (χ4n) is 2.17. The van der Waals surface area contributed by atoms with Crippen molar-refractivity contribution < 1.29 is 4.79 Å². The quantitative estimate of drug-likeness (QED) is 0.638. The molecule has 2 aliphatic rings. The highest BCUT2D eigenvalue weighted by Gasteiger charge is 2.41. The Morgan fingerprint density at radius 1 is 1.57 bits per heavy atom. The number of nitrogens with two attached hydrogens (primary N) is 1. The average Bonchev–Trinajstić information content (AvgIpc) is 2.47. The molecule has 0 aromatic rings. The molecule has 4 nitrogen and oxygen atoms in total. The van der Waals surface area contributed by atoms with Crippen LogP contribution in [0.5, 0.6) is 0 Å². The number of carbonyl (C=O) groups excluding carboxylic acids is 1. The molecule has 3 N–H and O–H groups in total. The zero-order chi connectivity index (χ0) is 10.2. The van der Waals surface area contributed by atoms with E-state index in [1.165, 1.54) is 0 Å². The number of nitrogens with one attached hydrogen (secondary N) is 1. The molecule has 0 radical (unpaired) electrons. The summed E-state index contributed by atoms with van der Waals surface area (Å²) in [6, 6.07) is 0.313. The molecular weight excluding hydrogens is 178 g/mol. The van der Waals surface area contributed by atoms with Crippen molar-refractivity contribution in [3.8, 4) is 0 Å². The van der Waals surface area contributed by atoms with Gasteiger partial charge in [0.05, 0.1) is 5.54 Å². The molecule has 1 unspecified atom stereocenters. The van der Waals surface area contributed by atoms with E-state index in [4.69, 9.17) is 5.73 Å². The van der Waals surface area contributed by atoms with Crippen molar-refractivity contribution in [2.45, 2.75) is 37.3 Å². The van der Waals surface area contributed by atoms with Crippen molar-refractivity contribution in [3.63, 3.8) is 0 Å². The first kappa shape index (κ1) is 9.93. The van der Waals surface area contributed by atoms with Gasteiger partial charge in [-0.25, -0.2) is 0 Å². The van der Waals surface area contributed by atoms with Gasteiger partial charge in [-0.05, 0) is 39.3 Å². The third-order valence-corrected chi connectivity index (χ3v) is 3.42. The Kier molecular flexibility index (Phi) is 2.49. The Hall–Kier alpha value is -0.610. The number of carbonyl (C=O) groups is 1. The SMILES string of the molecule is CN1CCC(NC(=O)C2(N)CCC2)C1. The monoisotopic (exact) mass is 197 g/mol. The molecule has 1 amide bonds. The van der Waals surface area contributed by atoms with Gasteiger partial charge in [-0.1, -0.05) is 0 Å². The zero-order valence-corrected chi connectivity index (χ0v) is 8.75. The molecule has 1 aliphatic carbocycles. The predicted molar refractivity (Wildman–Crippen MR) is 54.8 cm³/mol. The van der Waals surface area contributed by atoms with Crippen molar-refractivity contribution >= 4 is 5.91 Å². The van der Waals surface area contributed by atoms with Gasteiger partial charge in [-0.3, -0.25) is 4.79 Å². The van der Waals surface area contributed by atoms with E-state index in [1.54, 1.807) is 0 Å². The van der Waals surface area contributed by atoms with Crippen LogP contribution in [0.25, 0.3) is 0 Å². The highest BCUT2D eigenvalue weighted by molar-refractivity contribution is 5.87. The van der Waals surface area contributed by atoms with Crippen molar-refractivity contribution in [3.05, 3.63) is 0 Å². The maximum Gasteiger partial charge on any atom is 0.240 e. The van der Waals surface area contributed by atoms with Gasteiger partial charge in [-0.2, -0.15) is 0 Å². The molecule has 1 atom stereocenters. The molecule has 4 heteroatoms. The lowest BCUT2D eigenvalue weighted by Crippen LogP contribution is -2.60. The molecule has 1 heterocycles. The van der Waals surface area contributed by atoms with Crippen LogP contribution in [0.1, 0.15) is 25.7 Å². The second-order valence-corrected chi connectivity index (χ2v) is 4.73. The van der Waals surface area contributed by atoms with Crippen LogP contribution >= 0.6 is 0 Å². The second kappa shape index (κ2) is 3.51. The summed E-state index contributed by atoms with van der Waals surface area (Å²) in [7, 11) is 2.08. The van der Waals surface area contributed by atoms with E-state index >= 15 is 0 Å². The van der Waals surface area contributed by atoms with E-state index in [-0.39, 0.29) is 5.91 Å². The summed E-state index contributed by atoms with van der Waals surface area (Å²) in [5, 5.41) is 3.05. The molecule has 0 spiro atoms. The third-order valence-electron chi connectivity index (χ3n) is 3.42. The largest absolute Gasteiger partial charge is 0.350 e. The molecule has 0 bridgehead atoms. The third kappa shape index (κ3) is 1.77. The summed E-state index contributed by atoms with van der Waals surface area (Å²) in [6.07, 6.45) is 3.84. The molecule has 14 heavy (non-hydrogen) atoms. The van der Waals surface area contributed by atoms with Crippen LogP contribution in [0.2, 0.25) is 0 Å². The van der Waals surface area contributed by atoms with Crippen LogP contribution < -0.4 is 11.1 Å². The minimum absolute atomic E-state index is 0.0593. The lowest BCUT2D eigenvalue weighted by atomic mass is 9.77. The molecule has 2 fully saturated rings. The Labute approximate surface area is 84.8 Å². The number of hydrogen-bond acceptors (Lipinski definition) is 3. The zero-order valence-electron chi connectivity index (χ0n) is 8.75. The van der Waals surface area contributed by atoms with Gasteiger partial charge in [-0.15, -0.1) is 0 Å².